The number of hydrogen-bond acceptors (Lipinski definition) is 3. The molecular formula is C22H20O2S. The van der Waals surface area contributed by atoms with E-state index in [1.54, 1.807) is 25.6 Å². The summed E-state index contributed by atoms with van der Waals surface area (Å²) in [5.74, 6) is 1.75. The number of hydrogen-bond donors (Lipinski definition) is 0. The minimum atomic E-state index is 0.874. The van der Waals surface area contributed by atoms with E-state index in [9.17, 15) is 0 Å². The molecule has 0 saturated heterocycles. The molecule has 3 rings (SSSR count). The normalized spacial score (nSPS) is 11.3. The average molecular weight is 348 g/mol. The monoisotopic (exact) mass is 348 g/mol. The summed E-state index contributed by atoms with van der Waals surface area (Å²) in [6.07, 6.45) is 8.50. The van der Waals surface area contributed by atoms with Crippen molar-refractivity contribution in [3.05, 3.63) is 81.5 Å². The SMILES string of the molecule is COc1ccc(C=Cc2ccc(C=Cc3ccc(OC)cc3)s2)cc1. The van der Waals surface area contributed by atoms with Gasteiger partial charge in [-0.25, -0.2) is 0 Å². The molecule has 0 bridgehead atoms. The molecule has 0 unspecified atom stereocenters. The molecular weight excluding hydrogens is 328 g/mol. The zero-order valence-electron chi connectivity index (χ0n) is 14.3. The predicted octanol–water partition coefficient (Wildman–Crippen LogP) is 6.11. The van der Waals surface area contributed by atoms with Gasteiger partial charge in [0.2, 0.25) is 0 Å². The van der Waals surface area contributed by atoms with Crippen molar-refractivity contribution in [2.75, 3.05) is 14.2 Å². The summed E-state index contributed by atoms with van der Waals surface area (Å²) in [4.78, 5) is 2.45. The third kappa shape index (κ3) is 4.85. The van der Waals surface area contributed by atoms with Crippen LogP contribution < -0.4 is 9.47 Å². The molecule has 2 aromatic carbocycles. The van der Waals surface area contributed by atoms with Crippen molar-refractivity contribution in [1.29, 1.82) is 0 Å². The molecule has 0 saturated carbocycles. The van der Waals surface area contributed by atoms with Crippen molar-refractivity contribution in [3.8, 4) is 11.5 Å². The first-order valence-corrected chi connectivity index (χ1v) is 8.82. The molecule has 1 aromatic heterocycles. The third-order valence-electron chi connectivity index (χ3n) is 3.76. The van der Waals surface area contributed by atoms with Crippen LogP contribution in [0.2, 0.25) is 0 Å². The minimum absolute atomic E-state index is 0.874. The summed E-state index contributed by atoms with van der Waals surface area (Å²) < 4.78 is 10.3. The number of rotatable bonds is 6. The maximum Gasteiger partial charge on any atom is 0.118 e. The van der Waals surface area contributed by atoms with Crippen molar-refractivity contribution >= 4 is 35.6 Å². The fourth-order valence-electron chi connectivity index (χ4n) is 2.33. The molecule has 25 heavy (non-hydrogen) atoms. The van der Waals surface area contributed by atoms with Gasteiger partial charge in [0.1, 0.15) is 11.5 Å². The fraction of sp³-hybridized carbons (Fsp3) is 0.0909. The van der Waals surface area contributed by atoms with Crippen LogP contribution in [0.15, 0.2) is 60.7 Å². The topological polar surface area (TPSA) is 18.5 Å². The highest BCUT2D eigenvalue weighted by Crippen LogP contribution is 2.22. The van der Waals surface area contributed by atoms with Crippen LogP contribution in [0.1, 0.15) is 20.9 Å². The van der Waals surface area contributed by atoms with E-state index in [1.165, 1.54) is 9.75 Å². The first-order chi connectivity index (χ1) is 12.3. The molecule has 0 fully saturated rings. The zero-order valence-corrected chi connectivity index (χ0v) is 15.1. The number of thiophene rings is 1. The van der Waals surface area contributed by atoms with E-state index in [-0.39, 0.29) is 0 Å². The second-order valence-electron chi connectivity index (χ2n) is 5.45. The zero-order chi connectivity index (χ0) is 17.5. The van der Waals surface area contributed by atoms with Gasteiger partial charge in [-0.3, -0.25) is 0 Å². The maximum absolute atomic E-state index is 5.17. The molecule has 3 aromatic rings. The Morgan fingerprint density at radius 1 is 0.560 bits per heavy atom. The van der Waals surface area contributed by atoms with Gasteiger partial charge in [0.25, 0.3) is 0 Å². The van der Waals surface area contributed by atoms with Crippen molar-refractivity contribution < 1.29 is 9.47 Å². The smallest absolute Gasteiger partial charge is 0.118 e. The van der Waals surface area contributed by atoms with Crippen molar-refractivity contribution in [1.82, 2.24) is 0 Å². The molecule has 0 radical (unpaired) electrons. The Balaban J connectivity index is 1.64. The van der Waals surface area contributed by atoms with Crippen LogP contribution in [0.4, 0.5) is 0 Å². The Morgan fingerprint density at radius 2 is 0.960 bits per heavy atom. The molecule has 0 aliphatic carbocycles. The molecule has 0 aliphatic rings. The van der Waals surface area contributed by atoms with Crippen LogP contribution in [-0.4, -0.2) is 14.2 Å². The molecule has 1 heterocycles. The van der Waals surface area contributed by atoms with Crippen LogP contribution in [0.25, 0.3) is 24.3 Å². The van der Waals surface area contributed by atoms with Crippen LogP contribution in [0.5, 0.6) is 11.5 Å². The molecule has 3 heteroatoms. The summed E-state index contributed by atoms with van der Waals surface area (Å²) in [6.45, 7) is 0. The van der Waals surface area contributed by atoms with Gasteiger partial charge in [-0.15, -0.1) is 11.3 Å². The standard InChI is InChI=1S/C22H20O2S/c1-23-19-9-3-17(4-10-19)7-13-21-15-16-22(25-21)14-8-18-5-11-20(24-2)12-6-18/h3-16H,1-2H3. The second-order valence-corrected chi connectivity index (χ2v) is 6.60. The van der Waals surface area contributed by atoms with Gasteiger partial charge in [0.05, 0.1) is 14.2 Å². The summed E-state index contributed by atoms with van der Waals surface area (Å²) in [6, 6.07) is 20.3. The van der Waals surface area contributed by atoms with E-state index in [0.29, 0.717) is 0 Å². The lowest BCUT2D eigenvalue weighted by Gasteiger charge is -1.98. The molecule has 0 N–H and O–H groups in total. The molecule has 0 amide bonds. The van der Waals surface area contributed by atoms with Gasteiger partial charge < -0.3 is 9.47 Å². The lowest BCUT2D eigenvalue weighted by Crippen LogP contribution is -1.81. The van der Waals surface area contributed by atoms with E-state index in [1.807, 2.05) is 48.5 Å². The number of methoxy groups -OCH3 is 2. The average Bonchev–Trinajstić information content (AvgIpc) is 3.13. The van der Waals surface area contributed by atoms with Crippen LogP contribution in [0, 0.1) is 0 Å². The van der Waals surface area contributed by atoms with Gasteiger partial charge in [-0.05, 0) is 59.7 Å². The quantitative estimate of drug-likeness (QED) is 0.535. The summed E-state index contributed by atoms with van der Waals surface area (Å²) >= 11 is 1.76. The minimum Gasteiger partial charge on any atom is -0.497 e. The van der Waals surface area contributed by atoms with Gasteiger partial charge in [0.15, 0.2) is 0 Å². The van der Waals surface area contributed by atoms with E-state index < -0.39 is 0 Å². The van der Waals surface area contributed by atoms with Crippen molar-refractivity contribution in [2.24, 2.45) is 0 Å². The molecule has 126 valence electrons. The van der Waals surface area contributed by atoms with Crippen molar-refractivity contribution in [3.63, 3.8) is 0 Å². The Kier molecular flexibility index (Phi) is 5.70. The highest BCUT2D eigenvalue weighted by molar-refractivity contribution is 7.13. The van der Waals surface area contributed by atoms with Crippen LogP contribution >= 0.6 is 11.3 Å². The second kappa shape index (κ2) is 8.36. The summed E-state index contributed by atoms with van der Waals surface area (Å²) in [7, 11) is 3.36. The van der Waals surface area contributed by atoms with Crippen LogP contribution in [0.3, 0.4) is 0 Å². The Morgan fingerprint density at radius 3 is 1.32 bits per heavy atom. The van der Waals surface area contributed by atoms with Crippen LogP contribution in [-0.2, 0) is 0 Å². The van der Waals surface area contributed by atoms with E-state index in [0.717, 1.165) is 22.6 Å². The van der Waals surface area contributed by atoms with Gasteiger partial charge in [-0.1, -0.05) is 36.4 Å². The number of ether oxygens (including phenoxy) is 2. The lowest BCUT2D eigenvalue weighted by molar-refractivity contribution is 0.414. The number of benzene rings is 2. The highest BCUT2D eigenvalue weighted by atomic mass is 32.1. The molecule has 0 atom stereocenters. The van der Waals surface area contributed by atoms with Gasteiger partial charge in [-0.2, -0.15) is 0 Å². The largest absolute Gasteiger partial charge is 0.497 e. The summed E-state index contributed by atoms with van der Waals surface area (Å²) in [5.41, 5.74) is 2.31. The van der Waals surface area contributed by atoms with Gasteiger partial charge >= 0.3 is 0 Å². The molecule has 0 aliphatic heterocycles. The Bertz CT molecular complexity index is 784. The third-order valence-corrected chi connectivity index (χ3v) is 4.78. The molecule has 0 spiro atoms. The van der Waals surface area contributed by atoms with Gasteiger partial charge in [0, 0.05) is 9.75 Å². The fourth-order valence-corrected chi connectivity index (χ4v) is 3.15. The Labute approximate surface area is 152 Å². The van der Waals surface area contributed by atoms with E-state index in [2.05, 4.69) is 36.4 Å². The van der Waals surface area contributed by atoms with E-state index >= 15 is 0 Å². The highest BCUT2D eigenvalue weighted by Gasteiger charge is 1.96. The first kappa shape index (κ1) is 17.1. The maximum atomic E-state index is 5.17. The summed E-state index contributed by atoms with van der Waals surface area (Å²) in [5, 5.41) is 0. The van der Waals surface area contributed by atoms with Crippen molar-refractivity contribution in [2.45, 2.75) is 0 Å². The van der Waals surface area contributed by atoms with E-state index in [4.69, 9.17) is 9.47 Å². The predicted molar refractivity (Wildman–Crippen MR) is 108 cm³/mol. The lowest BCUT2D eigenvalue weighted by atomic mass is 10.2. The molecule has 2 nitrogen and oxygen atoms in total. The first-order valence-electron chi connectivity index (χ1n) is 8.01. The Hall–Kier alpha value is -2.78.